The SMILES string of the molecule is CC1(Cc2ccn(-c3cccc(N(c4ccccc4)c4cccc(-n5ccc(CC6(C)CCCC6)n5)n4)n3)n2)CCCC1. The maximum atomic E-state index is 5.09. The van der Waals surface area contributed by atoms with Gasteiger partial charge in [0.05, 0.1) is 11.4 Å². The minimum Gasteiger partial charge on any atom is -0.279 e. The summed E-state index contributed by atoms with van der Waals surface area (Å²) in [6.45, 7) is 4.80. The van der Waals surface area contributed by atoms with Gasteiger partial charge in [-0.1, -0.05) is 69.9 Å². The second-order valence-electron chi connectivity index (χ2n) is 13.3. The van der Waals surface area contributed by atoms with Gasteiger partial charge >= 0.3 is 0 Å². The van der Waals surface area contributed by atoms with Crippen molar-refractivity contribution in [2.75, 3.05) is 4.90 Å². The lowest BCUT2D eigenvalue weighted by molar-refractivity contribution is 0.330. The van der Waals surface area contributed by atoms with Crippen LogP contribution in [0.1, 0.15) is 76.6 Å². The van der Waals surface area contributed by atoms with Gasteiger partial charge in [-0.15, -0.1) is 0 Å². The highest BCUT2D eigenvalue weighted by Crippen LogP contribution is 2.41. The van der Waals surface area contributed by atoms with Gasteiger partial charge in [-0.3, -0.25) is 4.90 Å². The number of anilines is 3. The third kappa shape index (κ3) is 5.99. The van der Waals surface area contributed by atoms with Crippen molar-refractivity contribution in [1.29, 1.82) is 0 Å². The average molecular weight is 572 g/mol. The van der Waals surface area contributed by atoms with Gasteiger partial charge in [-0.2, -0.15) is 10.2 Å². The van der Waals surface area contributed by atoms with Crippen LogP contribution in [0.2, 0.25) is 0 Å². The Morgan fingerprint density at radius 2 is 1.05 bits per heavy atom. The molecule has 0 unspecified atom stereocenters. The maximum absolute atomic E-state index is 5.09. The van der Waals surface area contributed by atoms with Gasteiger partial charge in [0.25, 0.3) is 0 Å². The van der Waals surface area contributed by atoms with E-state index in [-0.39, 0.29) is 0 Å². The minimum absolute atomic E-state index is 0.360. The molecule has 2 aliphatic carbocycles. The predicted octanol–water partition coefficient (Wildman–Crippen LogP) is 8.56. The fourth-order valence-corrected chi connectivity index (χ4v) is 7.14. The van der Waals surface area contributed by atoms with Gasteiger partial charge < -0.3 is 0 Å². The number of pyridine rings is 2. The topological polar surface area (TPSA) is 64.7 Å². The van der Waals surface area contributed by atoms with Gasteiger partial charge in [0.1, 0.15) is 11.6 Å². The molecule has 0 N–H and O–H groups in total. The molecule has 43 heavy (non-hydrogen) atoms. The third-order valence-corrected chi connectivity index (χ3v) is 9.51. The molecule has 4 aromatic heterocycles. The van der Waals surface area contributed by atoms with Crippen LogP contribution in [0, 0.1) is 10.8 Å². The zero-order chi connectivity index (χ0) is 29.3. The van der Waals surface area contributed by atoms with E-state index in [1.807, 2.05) is 76.4 Å². The largest absolute Gasteiger partial charge is 0.279 e. The quantitative estimate of drug-likeness (QED) is 0.177. The Morgan fingerprint density at radius 3 is 1.51 bits per heavy atom. The minimum atomic E-state index is 0.360. The predicted molar refractivity (Wildman–Crippen MR) is 172 cm³/mol. The molecule has 2 saturated carbocycles. The summed E-state index contributed by atoms with van der Waals surface area (Å²) in [4.78, 5) is 12.3. The molecule has 1 aromatic carbocycles. The first kappa shape index (κ1) is 27.6. The van der Waals surface area contributed by atoms with Crippen LogP contribution >= 0.6 is 0 Å². The molecule has 0 radical (unpaired) electrons. The van der Waals surface area contributed by atoms with Crippen molar-refractivity contribution >= 4 is 17.3 Å². The van der Waals surface area contributed by atoms with Crippen LogP contribution in [0.5, 0.6) is 0 Å². The summed E-state index contributed by atoms with van der Waals surface area (Å²) < 4.78 is 3.81. The van der Waals surface area contributed by atoms with Crippen molar-refractivity contribution in [1.82, 2.24) is 29.5 Å². The zero-order valence-corrected chi connectivity index (χ0v) is 25.4. The molecule has 220 valence electrons. The third-order valence-electron chi connectivity index (χ3n) is 9.51. The molecule has 2 fully saturated rings. The fourth-order valence-electron chi connectivity index (χ4n) is 7.14. The average Bonchev–Trinajstić information content (AvgIpc) is 3.84. The van der Waals surface area contributed by atoms with Crippen LogP contribution in [0.25, 0.3) is 11.6 Å². The monoisotopic (exact) mass is 571 g/mol. The number of benzene rings is 1. The standard InChI is InChI=1S/C36H41N7/c1-35(20-6-7-21-35)26-28-18-24-41(39-28)31-14-10-16-33(37-31)43(30-12-4-3-5-13-30)34-17-11-15-32(38-34)42-25-19-29(40-42)27-36(2)22-8-9-23-36/h3-5,10-19,24-25H,6-9,20-23,26-27H2,1-2H3. The second kappa shape index (κ2) is 11.4. The Balaban J connectivity index is 1.19. The number of hydrogen-bond donors (Lipinski definition) is 0. The lowest BCUT2D eigenvalue weighted by Gasteiger charge is -2.24. The lowest BCUT2D eigenvalue weighted by Crippen LogP contribution is -2.16. The summed E-state index contributed by atoms with van der Waals surface area (Å²) in [6, 6.07) is 26.8. The van der Waals surface area contributed by atoms with Crippen molar-refractivity contribution < 1.29 is 0 Å². The Bertz CT molecular complexity index is 1570. The van der Waals surface area contributed by atoms with Gasteiger partial charge in [-0.05, 0) is 97.9 Å². The molecule has 7 heteroatoms. The number of rotatable bonds is 9. The molecule has 0 spiro atoms. The van der Waals surface area contributed by atoms with Crippen molar-refractivity contribution in [3.63, 3.8) is 0 Å². The van der Waals surface area contributed by atoms with E-state index in [1.165, 1.54) is 51.4 Å². The molecule has 0 atom stereocenters. The molecule has 0 bridgehead atoms. The molecule has 0 saturated heterocycles. The number of aromatic nitrogens is 6. The van der Waals surface area contributed by atoms with Gasteiger partial charge in [0.2, 0.25) is 0 Å². The van der Waals surface area contributed by atoms with E-state index in [0.717, 1.165) is 53.2 Å². The second-order valence-corrected chi connectivity index (χ2v) is 13.3. The van der Waals surface area contributed by atoms with Crippen molar-refractivity contribution in [3.05, 3.63) is 103 Å². The smallest absolute Gasteiger partial charge is 0.155 e. The van der Waals surface area contributed by atoms with Crippen LogP contribution in [-0.2, 0) is 12.8 Å². The van der Waals surface area contributed by atoms with Crippen LogP contribution in [0.4, 0.5) is 17.3 Å². The Labute approximate surface area is 254 Å². The first-order chi connectivity index (χ1) is 21.0. The summed E-state index contributed by atoms with van der Waals surface area (Å²) in [7, 11) is 0. The molecule has 0 amide bonds. The normalized spacial score (nSPS) is 17.3. The first-order valence-corrected chi connectivity index (χ1v) is 15.8. The summed E-state index contributed by atoms with van der Waals surface area (Å²) >= 11 is 0. The summed E-state index contributed by atoms with van der Waals surface area (Å²) in [5.74, 6) is 3.14. The Kier molecular flexibility index (Phi) is 7.33. The van der Waals surface area contributed by atoms with E-state index in [9.17, 15) is 0 Å². The van der Waals surface area contributed by atoms with E-state index in [2.05, 4.69) is 43.0 Å². The molecule has 7 nitrogen and oxygen atoms in total. The van der Waals surface area contributed by atoms with Crippen LogP contribution in [0.15, 0.2) is 91.3 Å². The van der Waals surface area contributed by atoms with E-state index < -0.39 is 0 Å². The molecule has 7 rings (SSSR count). The van der Waals surface area contributed by atoms with Crippen molar-refractivity contribution in [2.24, 2.45) is 10.8 Å². The van der Waals surface area contributed by atoms with Gasteiger partial charge in [-0.25, -0.2) is 19.3 Å². The van der Waals surface area contributed by atoms with Crippen molar-refractivity contribution in [2.45, 2.75) is 78.1 Å². The highest BCUT2D eigenvalue weighted by atomic mass is 15.3. The number of para-hydroxylation sites is 1. The molecule has 0 aliphatic heterocycles. The van der Waals surface area contributed by atoms with E-state index in [4.69, 9.17) is 20.2 Å². The number of nitrogens with zero attached hydrogens (tertiary/aromatic N) is 7. The molecular weight excluding hydrogens is 530 g/mol. The fraction of sp³-hybridized carbons (Fsp3) is 0.389. The van der Waals surface area contributed by atoms with E-state index in [1.54, 1.807) is 0 Å². The molecule has 5 aromatic rings. The maximum Gasteiger partial charge on any atom is 0.155 e. The molecule has 2 aliphatic rings. The van der Waals surface area contributed by atoms with E-state index >= 15 is 0 Å². The first-order valence-electron chi connectivity index (χ1n) is 15.8. The van der Waals surface area contributed by atoms with E-state index in [0.29, 0.717) is 10.8 Å². The van der Waals surface area contributed by atoms with Crippen molar-refractivity contribution in [3.8, 4) is 11.6 Å². The summed E-state index contributed by atoms with van der Waals surface area (Å²) in [5.41, 5.74) is 3.97. The van der Waals surface area contributed by atoms with Gasteiger partial charge in [0.15, 0.2) is 11.6 Å². The van der Waals surface area contributed by atoms with Crippen LogP contribution in [-0.4, -0.2) is 29.5 Å². The van der Waals surface area contributed by atoms with Gasteiger partial charge in [0, 0.05) is 18.1 Å². The number of hydrogen-bond acceptors (Lipinski definition) is 5. The zero-order valence-electron chi connectivity index (χ0n) is 25.4. The highest BCUT2D eigenvalue weighted by molar-refractivity contribution is 5.72. The Hall–Kier alpha value is -4.26. The summed E-state index contributed by atoms with van der Waals surface area (Å²) in [6.07, 6.45) is 16.5. The molecular formula is C36H41N7. The Morgan fingerprint density at radius 1 is 0.581 bits per heavy atom. The van der Waals surface area contributed by atoms with Crippen LogP contribution < -0.4 is 4.90 Å². The molecule has 4 heterocycles. The highest BCUT2D eigenvalue weighted by Gasteiger charge is 2.30. The van der Waals surface area contributed by atoms with Crippen LogP contribution in [0.3, 0.4) is 0 Å². The summed E-state index contributed by atoms with van der Waals surface area (Å²) in [5, 5.41) is 9.88. The lowest BCUT2D eigenvalue weighted by atomic mass is 9.84.